The van der Waals surface area contributed by atoms with E-state index in [0.29, 0.717) is 25.2 Å². The summed E-state index contributed by atoms with van der Waals surface area (Å²) in [6.45, 7) is 9.31. The van der Waals surface area contributed by atoms with Gasteiger partial charge >= 0.3 is 5.97 Å². The fourth-order valence-electron chi connectivity index (χ4n) is 4.73. The summed E-state index contributed by atoms with van der Waals surface area (Å²) >= 11 is 0. The van der Waals surface area contributed by atoms with Crippen molar-refractivity contribution >= 4 is 5.97 Å². The van der Waals surface area contributed by atoms with Crippen LogP contribution in [0.2, 0.25) is 0 Å². The summed E-state index contributed by atoms with van der Waals surface area (Å²) in [7, 11) is 1.70. The molecule has 9 nitrogen and oxygen atoms in total. The van der Waals surface area contributed by atoms with Crippen molar-refractivity contribution in [1.82, 2.24) is 30.0 Å². The third-order valence-corrected chi connectivity index (χ3v) is 6.60. The van der Waals surface area contributed by atoms with Gasteiger partial charge in [-0.2, -0.15) is 0 Å². The van der Waals surface area contributed by atoms with E-state index >= 15 is 0 Å². The van der Waals surface area contributed by atoms with Gasteiger partial charge in [-0.15, -0.1) is 11.7 Å². The summed E-state index contributed by atoms with van der Waals surface area (Å²) in [6, 6.07) is 16.8. The van der Waals surface area contributed by atoms with Crippen molar-refractivity contribution in [2.75, 3.05) is 39.8 Å². The van der Waals surface area contributed by atoms with Crippen LogP contribution in [0.25, 0.3) is 11.4 Å². The second-order valence-corrected chi connectivity index (χ2v) is 9.00. The number of tetrazole rings is 1. The fourth-order valence-corrected chi connectivity index (χ4v) is 4.73. The SMILES string of the molecule is C=CCN1CCN(C(c2ccc(-c3nnnn3CCCCC(=O)O)cc2)c2cccc(OC)c2)CC1. The smallest absolute Gasteiger partial charge is 0.303 e. The molecule has 0 spiro atoms. The molecule has 0 amide bonds. The molecule has 1 saturated heterocycles. The number of aromatic nitrogens is 4. The van der Waals surface area contributed by atoms with Gasteiger partial charge in [-0.05, 0) is 46.5 Å². The van der Waals surface area contributed by atoms with Crippen LogP contribution in [0.15, 0.2) is 61.2 Å². The third-order valence-electron chi connectivity index (χ3n) is 6.60. The maximum absolute atomic E-state index is 10.8. The van der Waals surface area contributed by atoms with Crippen LogP contribution >= 0.6 is 0 Å². The molecule has 0 aliphatic carbocycles. The molecule has 190 valence electrons. The number of carboxylic acid groups (broad SMARTS) is 1. The molecule has 1 aliphatic rings. The van der Waals surface area contributed by atoms with Gasteiger partial charge in [0.25, 0.3) is 0 Å². The molecule has 1 aliphatic heterocycles. The van der Waals surface area contributed by atoms with Crippen LogP contribution in [0.3, 0.4) is 0 Å². The lowest BCUT2D eigenvalue weighted by Gasteiger charge is -2.39. The number of nitrogens with zero attached hydrogens (tertiary/aromatic N) is 6. The predicted molar refractivity (Wildman–Crippen MR) is 138 cm³/mol. The number of ether oxygens (including phenoxy) is 1. The zero-order chi connectivity index (χ0) is 25.3. The highest BCUT2D eigenvalue weighted by atomic mass is 16.5. The Morgan fingerprint density at radius 3 is 2.58 bits per heavy atom. The first-order valence-corrected chi connectivity index (χ1v) is 12.4. The molecule has 2 heterocycles. The normalized spacial score (nSPS) is 15.5. The summed E-state index contributed by atoms with van der Waals surface area (Å²) in [5.41, 5.74) is 3.33. The van der Waals surface area contributed by atoms with E-state index in [1.54, 1.807) is 11.8 Å². The zero-order valence-corrected chi connectivity index (χ0v) is 20.8. The molecule has 1 aromatic heterocycles. The number of hydrogen-bond acceptors (Lipinski definition) is 7. The third kappa shape index (κ3) is 6.35. The highest BCUT2D eigenvalue weighted by Gasteiger charge is 2.26. The molecular formula is C27H34N6O3. The molecule has 1 N–H and O–H groups in total. The van der Waals surface area contributed by atoms with Gasteiger partial charge in [0.05, 0.1) is 13.2 Å². The van der Waals surface area contributed by atoms with Gasteiger partial charge in [-0.1, -0.05) is 42.5 Å². The molecule has 36 heavy (non-hydrogen) atoms. The van der Waals surface area contributed by atoms with E-state index in [9.17, 15) is 4.79 Å². The van der Waals surface area contributed by atoms with Gasteiger partial charge in [-0.25, -0.2) is 4.68 Å². The topological polar surface area (TPSA) is 96.6 Å². The quantitative estimate of drug-likeness (QED) is 0.304. The maximum atomic E-state index is 10.8. The average molecular weight is 491 g/mol. The van der Waals surface area contributed by atoms with Crippen molar-refractivity contribution in [2.45, 2.75) is 31.8 Å². The zero-order valence-electron chi connectivity index (χ0n) is 20.8. The van der Waals surface area contributed by atoms with E-state index in [1.165, 1.54) is 11.1 Å². The van der Waals surface area contributed by atoms with Gasteiger partial charge in [0.2, 0.25) is 0 Å². The summed E-state index contributed by atoms with van der Waals surface area (Å²) in [4.78, 5) is 15.7. The number of rotatable bonds is 12. The lowest BCUT2D eigenvalue weighted by molar-refractivity contribution is -0.137. The Kier molecular flexibility index (Phi) is 8.80. The molecule has 1 unspecified atom stereocenters. The highest BCUT2D eigenvalue weighted by molar-refractivity contribution is 5.66. The number of carboxylic acids is 1. The van der Waals surface area contributed by atoms with E-state index in [1.807, 2.05) is 18.2 Å². The van der Waals surface area contributed by atoms with E-state index in [0.717, 1.165) is 44.0 Å². The van der Waals surface area contributed by atoms with Gasteiger partial charge < -0.3 is 9.84 Å². The Balaban J connectivity index is 1.55. The van der Waals surface area contributed by atoms with Crippen LogP contribution in [0, 0.1) is 0 Å². The first kappa shape index (κ1) is 25.5. The molecule has 0 radical (unpaired) electrons. The lowest BCUT2D eigenvalue weighted by atomic mass is 9.95. The maximum Gasteiger partial charge on any atom is 0.303 e. The number of hydrogen-bond donors (Lipinski definition) is 1. The van der Waals surface area contributed by atoms with Crippen LogP contribution in [0.1, 0.15) is 36.4 Å². The average Bonchev–Trinajstić information content (AvgIpc) is 3.37. The Morgan fingerprint density at radius 1 is 1.11 bits per heavy atom. The molecular weight excluding hydrogens is 456 g/mol. The number of carbonyl (C=O) groups is 1. The molecule has 3 aromatic rings. The van der Waals surface area contributed by atoms with Crippen molar-refractivity contribution < 1.29 is 14.6 Å². The summed E-state index contributed by atoms with van der Waals surface area (Å²) in [5.74, 6) is 0.754. The predicted octanol–water partition coefficient (Wildman–Crippen LogP) is 3.50. The van der Waals surface area contributed by atoms with Crippen molar-refractivity contribution in [3.05, 3.63) is 72.3 Å². The van der Waals surface area contributed by atoms with Crippen LogP contribution in [0.4, 0.5) is 0 Å². The molecule has 9 heteroatoms. The highest BCUT2D eigenvalue weighted by Crippen LogP contribution is 2.32. The fraction of sp³-hybridized carbons (Fsp3) is 0.407. The molecule has 1 atom stereocenters. The second kappa shape index (κ2) is 12.4. The number of methoxy groups -OCH3 is 1. The second-order valence-electron chi connectivity index (χ2n) is 9.00. The Morgan fingerprint density at radius 2 is 1.89 bits per heavy atom. The molecule has 0 saturated carbocycles. The first-order chi connectivity index (χ1) is 17.6. The van der Waals surface area contributed by atoms with E-state index in [2.05, 4.69) is 68.3 Å². The number of aliphatic carboxylic acids is 1. The van der Waals surface area contributed by atoms with E-state index in [4.69, 9.17) is 9.84 Å². The van der Waals surface area contributed by atoms with Crippen LogP contribution < -0.4 is 4.74 Å². The summed E-state index contributed by atoms with van der Waals surface area (Å²) in [5, 5.41) is 21.0. The van der Waals surface area contributed by atoms with Crippen LogP contribution in [-0.4, -0.2) is 80.9 Å². The van der Waals surface area contributed by atoms with Gasteiger partial charge in [0.15, 0.2) is 5.82 Å². The van der Waals surface area contributed by atoms with Gasteiger partial charge in [-0.3, -0.25) is 14.6 Å². The monoisotopic (exact) mass is 490 g/mol. The van der Waals surface area contributed by atoms with Crippen LogP contribution in [0.5, 0.6) is 5.75 Å². The summed E-state index contributed by atoms with van der Waals surface area (Å²) in [6.07, 6.45) is 3.42. The van der Waals surface area contributed by atoms with Crippen molar-refractivity contribution in [1.29, 1.82) is 0 Å². The van der Waals surface area contributed by atoms with Crippen LogP contribution in [-0.2, 0) is 11.3 Å². The largest absolute Gasteiger partial charge is 0.497 e. The number of piperazine rings is 1. The first-order valence-electron chi connectivity index (χ1n) is 12.4. The minimum Gasteiger partial charge on any atom is -0.497 e. The van der Waals surface area contributed by atoms with Gasteiger partial charge in [0.1, 0.15) is 5.75 Å². The van der Waals surface area contributed by atoms with Crippen molar-refractivity contribution in [3.8, 4) is 17.1 Å². The Hall–Kier alpha value is -3.56. The van der Waals surface area contributed by atoms with Crippen molar-refractivity contribution in [2.24, 2.45) is 0 Å². The number of aryl methyl sites for hydroxylation is 1. The number of unbranched alkanes of at least 4 members (excludes halogenated alkanes) is 1. The van der Waals surface area contributed by atoms with E-state index < -0.39 is 5.97 Å². The van der Waals surface area contributed by atoms with Crippen molar-refractivity contribution in [3.63, 3.8) is 0 Å². The molecule has 4 rings (SSSR count). The van der Waals surface area contributed by atoms with Gasteiger partial charge in [0, 0.05) is 51.3 Å². The van der Waals surface area contributed by atoms with E-state index in [-0.39, 0.29) is 12.5 Å². The number of benzene rings is 2. The Labute approximate surface area is 212 Å². The summed E-state index contributed by atoms with van der Waals surface area (Å²) < 4.78 is 7.26. The molecule has 0 bridgehead atoms. The Bertz CT molecular complexity index is 1140. The minimum absolute atomic E-state index is 0.104. The molecule has 2 aromatic carbocycles. The molecule has 1 fully saturated rings. The lowest BCUT2D eigenvalue weighted by Crippen LogP contribution is -2.47. The standard InChI is InChI=1S/C27H34N6O3/c1-3-14-31-16-18-32(19-17-31)26(23-7-6-8-24(20-23)36-2)21-10-12-22(13-11-21)27-28-29-30-33(27)15-5-4-9-25(34)35/h3,6-8,10-13,20,26H,1,4-5,9,14-19H2,2H3,(H,34,35). The minimum atomic E-state index is -0.782.